The second kappa shape index (κ2) is 7.00. The molecule has 0 saturated heterocycles. The van der Waals surface area contributed by atoms with Gasteiger partial charge in [0.25, 0.3) is 0 Å². The van der Waals surface area contributed by atoms with Crippen LogP contribution in [0.1, 0.15) is 34.6 Å². The number of allylic oxidation sites excluding steroid dienone is 4. The predicted molar refractivity (Wildman–Crippen MR) is 64.8 cm³/mol. The Morgan fingerprint density at radius 3 is 2.23 bits per heavy atom. The highest BCUT2D eigenvalue weighted by Crippen LogP contribution is 2.18. The summed E-state index contributed by atoms with van der Waals surface area (Å²) in [4.78, 5) is 0. The Labute approximate surface area is 84.4 Å². The number of hydrogen-bond donors (Lipinski definition) is 0. The van der Waals surface area contributed by atoms with E-state index in [1.807, 2.05) is 0 Å². The minimum atomic E-state index is 0.712. The van der Waals surface area contributed by atoms with Crippen LogP contribution in [0.3, 0.4) is 0 Å². The molecular formula is C12H23B. The van der Waals surface area contributed by atoms with Crippen LogP contribution < -0.4 is 0 Å². The molecule has 0 bridgehead atoms. The summed E-state index contributed by atoms with van der Waals surface area (Å²) in [6, 6.07) is 0. The zero-order chi connectivity index (χ0) is 10.3. The van der Waals surface area contributed by atoms with E-state index in [-0.39, 0.29) is 0 Å². The molecule has 0 aliphatic carbocycles. The second-order valence-electron chi connectivity index (χ2n) is 4.16. The molecule has 0 radical (unpaired) electrons. The molecule has 0 heterocycles. The normalized spacial score (nSPS) is 15.4. The van der Waals surface area contributed by atoms with E-state index in [4.69, 9.17) is 0 Å². The molecule has 0 aromatic rings. The predicted octanol–water partition coefficient (Wildman–Crippen LogP) is 3.83. The molecular weight excluding hydrogens is 155 g/mol. The summed E-state index contributed by atoms with van der Waals surface area (Å²) in [6.07, 6.45) is 7.89. The minimum Gasteiger partial charge on any atom is -0.0874 e. The van der Waals surface area contributed by atoms with Crippen LogP contribution in [0.25, 0.3) is 0 Å². The molecule has 1 heteroatoms. The lowest BCUT2D eigenvalue weighted by molar-refractivity contribution is 0.775. The summed E-state index contributed by atoms with van der Waals surface area (Å²) in [5.41, 5.74) is 1.48. The van der Waals surface area contributed by atoms with Crippen molar-refractivity contribution in [3.8, 4) is 0 Å². The Balaban J connectivity index is 4.00. The molecule has 0 N–H and O–H groups in total. The van der Waals surface area contributed by atoms with E-state index in [0.29, 0.717) is 5.92 Å². The van der Waals surface area contributed by atoms with Gasteiger partial charge in [0.1, 0.15) is 7.28 Å². The molecule has 0 aromatic carbocycles. The van der Waals surface area contributed by atoms with Crippen molar-refractivity contribution in [1.29, 1.82) is 0 Å². The fraction of sp³-hybridized carbons (Fsp3) is 0.667. The fourth-order valence-electron chi connectivity index (χ4n) is 1.49. The molecule has 0 aliphatic heterocycles. The molecule has 0 fully saturated rings. The van der Waals surface area contributed by atoms with Crippen LogP contribution in [-0.4, -0.2) is 7.28 Å². The van der Waals surface area contributed by atoms with E-state index in [1.54, 1.807) is 0 Å². The molecule has 1 unspecified atom stereocenters. The van der Waals surface area contributed by atoms with Crippen molar-refractivity contribution in [2.75, 3.05) is 0 Å². The third-order valence-corrected chi connectivity index (χ3v) is 2.44. The molecule has 1 atom stereocenters. The fourth-order valence-corrected chi connectivity index (χ4v) is 1.49. The van der Waals surface area contributed by atoms with E-state index in [0.717, 1.165) is 5.82 Å². The lowest BCUT2D eigenvalue weighted by Crippen LogP contribution is -2.04. The summed E-state index contributed by atoms with van der Waals surface area (Å²) in [5.74, 6) is 1.54. The number of rotatable bonds is 5. The average molecular weight is 178 g/mol. The maximum Gasteiger partial charge on any atom is 0.124 e. The molecule has 0 spiro atoms. The Morgan fingerprint density at radius 2 is 1.85 bits per heavy atom. The van der Waals surface area contributed by atoms with Crippen LogP contribution in [0.2, 0.25) is 12.1 Å². The van der Waals surface area contributed by atoms with Gasteiger partial charge in [-0.1, -0.05) is 56.7 Å². The van der Waals surface area contributed by atoms with Crippen molar-refractivity contribution in [2.24, 2.45) is 5.92 Å². The minimum absolute atomic E-state index is 0.712. The molecule has 0 rings (SSSR count). The maximum absolute atomic E-state index is 2.32. The van der Waals surface area contributed by atoms with Crippen LogP contribution in [0.5, 0.6) is 0 Å². The van der Waals surface area contributed by atoms with Gasteiger partial charge >= 0.3 is 0 Å². The Kier molecular flexibility index (Phi) is 6.75. The lowest BCUT2D eigenvalue weighted by Gasteiger charge is -2.12. The van der Waals surface area contributed by atoms with Crippen LogP contribution >= 0.6 is 0 Å². The highest BCUT2D eigenvalue weighted by atomic mass is 14.0. The summed E-state index contributed by atoms with van der Waals surface area (Å²) in [5, 5.41) is 0. The summed E-state index contributed by atoms with van der Waals surface area (Å²) in [6.45, 7) is 11.1. The van der Waals surface area contributed by atoms with E-state index in [9.17, 15) is 0 Å². The summed E-state index contributed by atoms with van der Waals surface area (Å²) >= 11 is 0. The van der Waals surface area contributed by atoms with Gasteiger partial charge in [-0.25, -0.2) is 0 Å². The highest BCUT2D eigenvalue weighted by molar-refractivity contribution is 6.37. The van der Waals surface area contributed by atoms with E-state index < -0.39 is 0 Å². The topological polar surface area (TPSA) is 0 Å². The molecule has 0 aromatic heterocycles. The Bertz CT molecular complexity index is 178. The van der Waals surface area contributed by atoms with E-state index >= 15 is 0 Å². The van der Waals surface area contributed by atoms with Crippen molar-refractivity contribution in [1.82, 2.24) is 0 Å². The Hall–Kier alpha value is -0.455. The highest BCUT2D eigenvalue weighted by Gasteiger charge is 2.07. The van der Waals surface area contributed by atoms with Gasteiger partial charge in [-0.05, 0) is 19.8 Å². The molecule has 0 aliphatic rings. The van der Waals surface area contributed by atoms with Crippen molar-refractivity contribution >= 4 is 7.28 Å². The first-order valence-corrected chi connectivity index (χ1v) is 5.40. The molecule has 0 nitrogen and oxygen atoms in total. The third-order valence-electron chi connectivity index (χ3n) is 2.44. The molecule has 74 valence electrons. The smallest absolute Gasteiger partial charge is 0.0874 e. The Morgan fingerprint density at radius 1 is 1.23 bits per heavy atom. The van der Waals surface area contributed by atoms with Crippen molar-refractivity contribution in [3.05, 3.63) is 23.8 Å². The van der Waals surface area contributed by atoms with Gasteiger partial charge in [0.2, 0.25) is 0 Å². The van der Waals surface area contributed by atoms with Crippen LogP contribution in [0.4, 0.5) is 0 Å². The lowest BCUT2D eigenvalue weighted by atomic mass is 9.60. The number of hydrogen-bond acceptors (Lipinski definition) is 0. The SMILES string of the molecule is C/C=C\C(=C/C)C(C)CBC(C)C. The molecule has 0 saturated carbocycles. The maximum atomic E-state index is 2.32. The quantitative estimate of drug-likeness (QED) is 0.443. The summed E-state index contributed by atoms with van der Waals surface area (Å²) < 4.78 is 0. The average Bonchev–Trinajstić information content (AvgIpc) is 2.10. The summed E-state index contributed by atoms with van der Waals surface area (Å²) in [7, 11) is 1.33. The van der Waals surface area contributed by atoms with Crippen molar-refractivity contribution < 1.29 is 0 Å². The van der Waals surface area contributed by atoms with Gasteiger partial charge in [-0.2, -0.15) is 0 Å². The van der Waals surface area contributed by atoms with E-state index in [1.165, 1.54) is 19.2 Å². The van der Waals surface area contributed by atoms with Gasteiger partial charge in [-0.3, -0.25) is 0 Å². The van der Waals surface area contributed by atoms with Gasteiger partial charge in [0.05, 0.1) is 0 Å². The van der Waals surface area contributed by atoms with E-state index in [2.05, 4.69) is 52.8 Å². The van der Waals surface area contributed by atoms with Crippen LogP contribution in [-0.2, 0) is 0 Å². The van der Waals surface area contributed by atoms with Gasteiger partial charge in [-0.15, -0.1) is 0 Å². The second-order valence-corrected chi connectivity index (χ2v) is 4.16. The van der Waals surface area contributed by atoms with Crippen molar-refractivity contribution in [2.45, 2.75) is 46.8 Å². The van der Waals surface area contributed by atoms with Gasteiger partial charge in [0.15, 0.2) is 0 Å². The monoisotopic (exact) mass is 178 g/mol. The zero-order valence-corrected chi connectivity index (χ0v) is 9.80. The third kappa shape index (κ3) is 5.73. The standard InChI is InChI=1S/C12H23B/c1-6-8-12(7-2)11(5)9-13-10(3)4/h6-8,10-11,13H,9H2,1-5H3/b8-6-,12-7+. The first-order chi connectivity index (χ1) is 6.11. The first kappa shape index (κ1) is 12.5. The van der Waals surface area contributed by atoms with Gasteiger partial charge in [0, 0.05) is 0 Å². The van der Waals surface area contributed by atoms with Gasteiger partial charge < -0.3 is 0 Å². The van der Waals surface area contributed by atoms with Crippen LogP contribution in [0, 0.1) is 5.92 Å². The first-order valence-electron chi connectivity index (χ1n) is 5.40. The zero-order valence-electron chi connectivity index (χ0n) is 9.80. The van der Waals surface area contributed by atoms with Crippen LogP contribution in [0.15, 0.2) is 23.8 Å². The molecule has 13 heavy (non-hydrogen) atoms. The largest absolute Gasteiger partial charge is 0.124 e. The molecule has 0 amide bonds. The van der Waals surface area contributed by atoms with Crippen molar-refractivity contribution in [3.63, 3.8) is 0 Å².